The van der Waals surface area contributed by atoms with Crippen molar-refractivity contribution in [3.8, 4) is 28.0 Å². The Labute approximate surface area is 192 Å². The van der Waals surface area contributed by atoms with Crippen LogP contribution in [0.15, 0.2) is 66.9 Å². The van der Waals surface area contributed by atoms with Crippen molar-refractivity contribution < 1.29 is 22.6 Å². The molecule has 1 aliphatic rings. The Hall–Kier alpha value is -3.05. The van der Waals surface area contributed by atoms with Crippen LogP contribution in [0.3, 0.4) is 0 Å². The van der Waals surface area contributed by atoms with Gasteiger partial charge in [0.05, 0.1) is 19.0 Å². The fourth-order valence-corrected chi connectivity index (χ4v) is 4.06. The molecular weight excluding hydrogens is 425 g/mol. The van der Waals surface area contributed by atoms with E-state index >= 15 is 0 Å². The third-order valence-electron chi connectivity index (χ3n) is 6.05. The molecule has 0 aliphatic carbocycles. The molecule has 0 aromatic heterocycles. The maximum atomic E-state index is 14.9. The fourth-order valence-electron chi connectivity index (χ4n) is 4.06. The van der Waals surface area contributed by atoms with Crippen LogP contribution < -0.4 is 4.74 Å². The molecule has 1 fully saturated rings. The molecule has 3 aromatic carbocycles. The summed E-state index contributed by atoms with van der Waals surface area (Å²) in [5.74, 6) is -2.30. The summed E-state index contributed by atoms with van der Waals surface area (Å²) in [4.78, 5) is 0. The first kappa shape index (κ1) is 23.1. The van der Waals surface area contributed by atoms with Crippen LogP contribution in [0.1, 0.15) is 44.6 Å². The van der Waals surface area contributed by atoms with E-state index in [1.54, 1.807) is 42.5 Å². The lowest BCUT2D eigenvalue weighted by atomic mass is 9.90. The van der Waals surface area contributed by atoms with Crippen LogP contribution in [0.5, 0.6) is 5.75 Å². The van der Waals surface area contributed by atoms with Crippen molar-refractivity contribution >= 4 is 0 Å². The van der Waals surface area contributed by atoms with E-state index in [4.69, 9.17) is 9.47 Å². The molecule has 0 radical (unpaired) electrons. The van der Waals surface area contributed by atoms with E-state index in [9.17, 15) is 13.2 Å². The van der Waals surface area contributed by atoms with Gasteiger partial charge in [-0.2, -0.15) is 4.39 Å². The number of ether oxygens (including phenoxy) is 2. The van der Waals surface area contributed by atoms with Gasteiger partial charge in [-0.1, -0.05) is 43.3 Å². The van der Waals surface area contributed by atoms with E-state index in [1.165, 1.54) is 18.4 Å². The van der Waals surface area contributed by atoms with Crippen molar-refractivity contribution in [2.45, 2.75) is 45.1 Å². The largest absolute Gasteiger partial charge is 0.462 e. The number of halogens is 3. The van der Waals surface area contributed by atoms with Gasteiger partial charge < -0.3 is 9.47 Å². The van der Waals surface area contributed by atoms with E-state index in [0.717, 1.165) is 24.8 Å². The zero-order valence-electron chi connectivity index (χ0n) is 18.8. The minimum atomic E-state index is -1.04. The molecule has 2 atom stereocenters. The Bertz CT molecular complexity index is 1130. The number of hydrogen-bond donors (Lipinski definition) is 0. The lowest BCUT2D eigenvalue weighted by Crippen LogP contribution is -2.22. The van der Waals surface area contributed by atoms with Gasteiger partial charge in [0.1, 0.15) is 5.82 Å². The molecule has 2 nitrogen and oxygen atoms in total. The summed E-state index contributed by atoms with van der Waals surface area (Å²) in [6.45, 7) is 4.57. The van der Waals surface area contributed by atoms with Gasteiger partial charge in [-0.25, -0.2) is 8.78 Å². The molecule has 0 N–H and O–H groups in total. The molecule has 0 saturated carbocycles. The van der Waals surface area contributed by atoms with E-state index in [-0.39, 0.29) is 29.2 Å². The van der Waals surface area contributed by atoms with Crippen molar-refractivity contribution in [3.05, 3.63) is 90.0 Å². The number of allylic oxidation sites excluding steroid dienone is 1. The first-order valence-electron chi connectivity index (χ1n) is 11.3. The summed E-state index contributed by atoms with van der Waals surface area (Å²) < 4.78 is 54.8. The van der Waals surface area contributed by atoms with Gasteiger partial charge in [-0.05, 0) is 67.2 Å². The Morgan fingerprint density at radius 3 is 2.24 bits per heavy atom. The molecule has 3 aromatic rings. The third-order valence-corrected chi connectivity index (χ3v) is 6.05. The van der Waals surface area contributed by atoms with Crippen LogP contribution in [-0.4, -0.2) is 12.7 Å². The van der Waals surface area contributed by atoms with Crippen LogP contribution in [-0.2, 0) is 4.74 Å². The Balaban J connectivity index is 1.54. The number of benzene rings is 3. The molecule has 0 bridgehead atoms. The zero-order chi connectivity index (χ0) is 23.4. The smallest absolute Gasteiger partial charge is 0.201 e. The summed E-state index contributed by atoms with van der Waals surface area (Å²) in [5, 5.41) is 0. The topological polar surface area (TPSA) is 18.5 Å². The predicted octanol–water partition coefficient (Wildman–Crippen LogP) is 8.02. The van der Waals surface area contributed by atoms with Gasteiger partial charge in [0.25, 0.3) is 0 Å². The molecule has 33 heavy (non-hydrogen) atoms. The second kappa shape index (κ2) is 10.3. The van der Waals surface area contributed by atoms with Crippen molar-refractivity contribution in [1.82, 2.24) is 0 Å². The lowest BCUT2D eigenvalue weighted by molar-refractivity contribution is 0.0154. The van der Waals surface area contributed by atoms with Gasteiger partial charge >= 0.3 is 0 Å². The van der Waals surface area contributed by atoms with Crippen molar-refractivity contribution in [1.29, 1.82) is 0 Å². The molecule has 1 heterocycles. The molecule has 0 spiro atoms. The average molecular weight is 453 g/mol. The first-order chi connectivity index (χ1) is 16.0. The van der Waals surface area contributed by atoms with Crippen LogP contribution >= 0.6 is 0 Å². The van der Waals surface area contributed by atoms with E-state index in [1.807, 2.05) is 13.0 Å². The molecule has 1 aliphatic heterocycles. The van der Waals surface area contributed by atoms with Crippen molar-refractivity contribution in [3.63, 3.8) is 0 Å². The maximum absolute atomic E-state index is 14.9. The van der Waals surface area contributed by atoms with Gasteiger partial charge in [0, 0.05) is 17.0 Å². The van der Waals surface area contributed by atoms with Gasteiger partial charge in [0.15, 0.2) is 11.6 Å². The summed E-state index contributed by atoms with van der Waals surface area (Å²) in [7, 11) is 0. The summed E-state index contributed by atoms with van der Waals surface area (Å²) >= 11 is 0. The van der Waals surface area contributed by atoms with Gasteiger partial charge in [-0.15, -0.1) is 0 Å². The van der Waals surface area contributed by atoms with E-state index < -0.39 is 11.6 Å². The van der Waals surface area contributed by atoms with Crippen LogP contribution in [0.4, 0.5) is 13.2 Å². The normalized spacial score (nSPS) is 18.6. The monoisotopic (exact) mass is 452 g/mol. The minimum Gasteiger partial charge on any atom is -0.462 e. The molecular formula is C28H27F3O2. The highest BCUT2D eigenvalue weighted by Gasteiger charge is 2.21. The van der Waals surface area contributed by atoms with Crippen LogP contribution in [0, 0.1) is 17.5 Å². The second-order valence-corrected chi connectivity index (χ2v) is 8.37. The molecule has 4 rings (SSSR count). The lowest BCUT2D eigenvalue weighted by Gasteiger charge is -2.27. The summed E-state index contributed by atoms with van der Waals surface area (Å²) in [6.07, 6.45) is 5.98. The molecule has 0 amide bonds. The standard InChI is InChI=1S/C28H27F3O2/c1-3-4-15-32-26-14-13-24(27(30)28(26)31)20-9-7-19(8-10-20)23-12-11-21(16-25(23)29)22-6-5-18(2)33-17-22/h4,7-16,18,22H,3,5-6,17H2,1-2H3/b15-4-. The maximum Gasteiger partial charge on any atom is 0.201 e. The summed E-state index contributed by atoms with van der Waals surface area (Å²) in [5.41, 5.74) is 2.69. The highest BCUT2D eigenvalue weighted by molar-refractivity contribution is 5.71. The molecule has 1 saturated heterocycles. The number of rotatable bonds is 6. The van der Waals surface area contributed by atoms with E-state index in [2.05, 4.69) is 6.92 Å². The SMILES string of the molecule is CC/C=C\Oc1ccc(-c2ccc(-c3ccc(C4CCC(C)OC4)cc3F)cc2)c(F)c1F. The Kier molecular flexibility index (Phi) is 7.19. The first-order valence-corrected chi connectivity index (χ1v) is 11.3. The van der Waals surface area contributed by atoms with Crippen LogP contribution in [0.25, 0.3) is 22.3 Å². The quantitative estimate of drug-likeness (QED) is 0.353. The fraction of sp³-hybridized carbons (Fsp3) is 0.286. The Morgan fingerprint density at radius 1 is 0.909 bits per heavy atom. The number of hydrogen-bond acceptors (Lipinski definition) is 2. The minimum absolute atomic E-state index is 0.119. The summed E-state index contributed by atoms with van der Waals surface area (Å²) in [6, 6.07) is 14.9. The highest BCUT2D eigenvalue weighted by atomic mass is 19.2. The zero-order valence-corrected chi connectivity index (χ0v) is 18.8. The molecule has 172 valence electrons. The van der Waals surface area contributed by atoms with Crippen molar-refractivity contribution in [2.75, 3.05) is 6.61 Å². The van der Waals surface area contributed by atoms with E-state index in [0.29, 0.717) is 23.3 Å². The van der Waals surface area contributed by atoms with Gasteiger partial charge in [-0.3, -0.25) is 0 Å². The average Bonchev–Trinajstić information content (AvgIpc) is 2.83. The van der Waals surface area contributed by atoms with Crippen molar-refractivity contribution in [2.24, 2.45) is 0 Å². The molecule has 5 heteroatoms. The third kappa shape index (κ3) is 5.14. The van der Waals surface area contributed by atoms with Crippen LogP contribution in [0.2, 0.25) is 0 Å². The predicted molar refractivity (Wildman–Crippen MR) is 125 cm³/mol. The second-order valence-electron chi connectivity index (χ2n) is 8.37. The molecule has 2 unspecified atom stereocenters. The highest BCUT2D eigenvalue weighted by Crippen LogP contribution is 2.34. The van der Waals surface area contributed by atoms with Gasteiger partial charge in [0.2, 0.25) is 5.82 Å². The Morgan fingerprint density at radius 2 is 1.61 bits per heavy atom.